The fraction of sp³-hybridized carbons (Fsp3) is 0.214. The monoisotopic (exact) mass is 277 g/mol. The molecule has 0 aliphatic heterocycles. The fourth-order valence-corrected chi connectivity index (χ4v) is 2.43. The largest absolute Gasteiger partial charge is 0.494 e. The Morgan fingerprint density at radius 2 is 2.21 bits per heavy atom. The number of carbonyl (C=O) groups is 1. The summed E-state index contributed by atoms with van der Waals surface area (Å²) in [5.41, 5.74) is 0.955. The standard InChI is InChI=1S/C14H15NO3S/c1-2-18-11-5-3-4-10(8-11)15-9-12-6-7-13(19-12)14(16)17/h3-8,15H,2,9H2,1H3,(H,16,17). The molecule has 5 heteroatoms. The van der Waals surface area contributed by atoms with Crippen LogP contribution in [-0.4, -0.2) is 17.7 Å². The molecule has 0 unspecified atom stereocenters. The Labute approximate surface area is 115 Å². The van der Waals surface area contributed by atoms with Crippen LogP contribution in [0.4, 0.5) is 5.69 Å². The topological polar surface area (TPSA) is 58.6 Å². The normalized spacial score (nSPS) is 10.2. The first-order valence-corrected chi connectivity index (χ1v) is 6.79. The van der Waals surface area contributed by atoms with Crippen LogP contribution in [0.1, 0.15) is 21.5 Å². The van der Waals surface area contributed by atoms with Crippen LogP contribution in [0, 0.1) is 0 Å². The van der Waals surface area contributed by atoms with Crippen molar-refractivity contribution in [3.05, 3.63) is 46.2 Å². The molecular weight excluding hydrogens is 262 g/mol. The Morgan fingerprint density at radius 1 is 1.37 bits per heavy atom. The molecule has 0 aliphatic rings. The van der Waals surface area contributed by atoms with Crippen molar-refractivity contribution in [1.29, 1.82) is 0 Å². The Bertz CT molecular complexity index is 565. The van der Waals surface area contributed by atoms with E-state index < -0.39 is 5.97 Å². The second-order valence-corrected chi connectivity index (χ2v) is 5.05. The highest BCUT2D eigenvalue weighted by Gasteiger charge is 2.06. The lowest BCUT2D eigenvalue weighted by Gasteiger charge is -2.07. The number of hydrogen-bond acceptors (Lipinski definition) is 4. The molecule has 1 aromatic heterocycles. The number of aromatic carboxylic acids is 1. The van der Waals surface area contributed by atoms with Gasteiger partial charge in [0.25, 0.3) is 0 Å². The van der Waals surface area contributed by atoms with Gasteiger partial charge in [0.05, 0.1) is 6.61 Å². The van der Waals surface area contributed by atoms with Crippen LogP contribution in [0.15, 0.2) is 36.4 Å². The van der Waals surface area contributed by atoms with Gasteiger partial charge < -0.3 is 15.2 Å². The second-order valence-electron chi connectivity index (χ2n) is 3.89. The third-order valence-electron chi connectivity index (χ3n) is 2.48. The maximum Gasteiger partial charge on any atom is 0.345 e. The van der Waals surface area contributed by atoms with Crippen LogP contribution < -0.4 is 10.1 Å². The molecule has 0 bridgehead atoms. The van der Waals surface area contributed by atoms with Crippen molar-refractivity contribution < 1.29 is 14.6 Å². The summed E-state index contributed by atoms with van der Waals surface area (Å²) in [7, 11) is 0. The smallest absolute Gasteiger partial charge is 0.345 e. The second kappa shape index (κ2) is 6.24. The van der Waals surface area contributed by atoms with E-state index in [2.05, 4.69) is 5.32 Å². The van der Waals surface area contributed by atoms with Crippen LogP contribution in [-0.2, 0) is 6.54 Å². The predicted molar refractivity (Wildman–Crippen MR) is 76.2 cm³/mol. The summed E-state index contributed by atoms with van der Waals surface area (Å²) in [6.45, 7) is 3.18. The number of hydrogen-bond donors (Lipinski definition) is 2. The lowest BCUT2D eigenvalue weighted by Crippen LogP contribution is -1.98. The first-order chi connectivity index (χ1) is 9.19. The summed E-state index contributed by atoms with van der Waals surface area (Å²) < 4.78 is 5.42. The number of carboxylic acids is 1. The van der Waals surface area contributed by atoms with Gasteiger partial charge in [-0.05, 0) is 31.2 Å². The minimum atomic E-state index is -0.880. The molecule has 0 fully saturated rings. The molecule has 1 aromatic carbocycles. The first-order valence-electron chi connectivity index (χ1n) is 5.98. The van der Waals surface area contributed by atoms with Gasteiger partial charge in [-0.15, -0.1) is 11.3 Å². The summed E-state index contributed by atoms with van der Waals surface area (Å²) in [6, 6.07) is 11.2. The summed E-state index contributed by atoms with van der Waals surface area (Å²) in [6.07, 6.45) is 0. The lowest BCUT2D eigenvalue weighted by molar-refractivity contribution is 0.0702. The van der Waals surface area contributed by atoms with Gasteiger partial charge in [0.2, 0.25) is 0 Å². The van der Waals surface area contributed by atoms with Crippen molar-refractivity contribution in [2.75, 3.05) is 11.9 Å². The quantitative estimate of drug-likeness (QED) is 0.849. The van der Waals surface area contributed by atoms with Crippen molar-refractivity contribution >= 4 is 23.0 Å². The minimum absolute atomic E-state index is 0.361. The molecule has 0 spiro atoms. The van der Waals surface area contributed by atoms with Crippen LogP contribution in [0.2, 0.25) is 0 Å². The maximum absolute atomic E-state index is 10.8. The number of nitrogens with one attached hydrogen (secondary N) is 1. The number of anilines is 1. The van der Waals surface area contributed by atoms with E-state index in [1.54, 1.807) is 6.07 Å². The molecule has 1 heterocycles. The van der Waals surface area contributed by atoms with E-state index in [9.17, 15) is 4.79 Å². The first kappa shape index (κ1) is 13.4. The number of rotatable bonds is 6. The summed E-state index contributed by atoms with van der Waals surface area (Å²) in [5, 5.41) is 12.1. The highest BCUT2D eigenvalue weighted by atomic mass is 32.1. The van der Waals surface area contributed by atoms with E-state index in [1.165, 1.54) is 11.3 Å². The summed E-state index contributed by atoms with van der Waals surface area (Å²) in [5.74, 6) is -0.0560. The van der Waals surface area contributed by atoms with Crippen molar-refractivity contribution in [2.45, 2.75) is 13.5 Å². The third kappa shape index (κ3) is 3.72. The van der Waals surface area contributed by atoms with Gasteiger partial charge in [-0.1, -0.05) is 6.07 Å². The highest BCUT2D eigenvalue weighted by molar-refractivity contribution is 7.13. The van der Waals surface area contributed by atoms with E-state index in [-0.39, 0.29) is 0 Å². The van der Waals surface area contributed by atoms with Gasteiger partial charge in [0, 0.05) is 23.2 Å². The van der Waals surface area contributed by atoms with Gasteiger partial charge in [-0.3, -0.25) is 0 Å². The van der Waals surface area contributed by atoms with Crippen molar-refractivity contribution in [3.63, 3.8) is 0 Å². The van der Waals surface area contributed by atoms with Gasteiger partial charge >= 0.3 is 5.97 Å². The number of carboxylic acid groups (broad SMARTS) is 1. The summed E-state index contributed by atoms with van der Waals surface area (Å²) in [4.78, 5) is 12.1. The molecule has 0 radical (unpaired) electrons. The molecule has 0 amide bonds. The van der Waals surface area contributed by atoms with Crippen molar-refractivity contribution in [3.8, 4) is 5.75 Å². The average molecular weight is 277 g/mol. The molecule has 0 saturated heterocycles. The molecule has 0 atom stereocenters. The molecule has 0 saturated carbocycles. The molecule has 2 rings (SSSR count). The van der Waals surface area contributed by atoms with Gasteiger partial charge in [-0.25, -0.2) is 4.79 Å². The third-order valence-corrected chi connectivity index (χ3v) is 3.56. The van der Waals surface area contributed by atoms with Crippen LogP contribution in [0.25, 0.3) is 0 Å². The highest BCUT2D eigenvalue weighted by Crippen LogP contribution is 2.20. The van der Waals surface area contributed by atoms with E-state index >= 15 is 0 Å². The van der Waals surface area contributed by atoms with Gasteiger partial charge in [0.15, 0.2) is 0 Å². The average Bonchev–Trinajstić information content (AvgIpc) is 2.86. The SMILES string of the molecule is CCOc1cccc(NCc2ccc(C(=O)O)s2)c1. The summed E-state index contributed by atoms with van der Waals surface area (Å²) >= 11 is 1.28. The van der Waals surface area contributed by atoms with E-state index in [0.717, 1.165) is 16.3 Å². The zero-order chi connectivity index (χ0) is 13.7. The Balaban J connectivity index is 1.97. The Kier molecular flexibility index (Phi) is 4.41. The van der Waals surface area contributed by atoms with E-state index in [4.69, 9.17) is 9.84 Å². The van der Waals surface area contributed by atoms with Crippen LogP contribution in [0.5, 0.6) is 5.75 Å². The van der Waals surface area contributed by atoms with E-state index in [0.29, 0.717) is 18.0 Å². The molecule has 100 valence electrons. The zero-order valence-corrected chi connectivity index (χ0v) is 11.4. The van der Waals surface area contributed by atoms with Gasteiger partial charge in [0.1, 0.15) is 10.6 Å². The van der Waals surface area contributed by atoms with Crippen LogP contribution >= 0.6 is 11.3 Å². The Morgan fingerprint density at radius 3 is 2.89 bits per heavy atom. The lowest BCUT2D eigenvalue weighted by atomic mass is 10.3. The number of benzene rings is 1. The molecule has 0 aliphatic carbocycles. The predicted octanol–water partition coefficient (Wildman–Crippen LogP) is 3.46. The fourth-order valence-electron chi connectivity index (χ4n) is 1.64. The molecule has 2 N–H and O–H groups in total. The van der Waals surface area contributed by atoms with Crippen LogP contribution in [0.3, 0.4) is 0 Å². The molecular formula is C14H15NO3S. The molecule has 2 aromatic rings. The van der Waals surface area contributed by atoms with E-state index in [1.807, 2.05) is 37.3 Å². The van der Waals surface area contributed by atoms with Gasteiger partial charge in [-0.2, -0.15) is 0 Å². The minimum Gasteiger partial charge on any atom is -0.494 e. The zero-order valence-electron chi connectivity index (χ0n) is 10.6. The van der Waals surface area contributed by atoms with Crippen molar-refractivity contribution in [1.82, 2.24) is 0 Å². The maximum atomic E-state index is 10.8. The molecule has 19 heavy (non-hydrogen) atoms. The Hall–Kier alpha value is -2.01. The number of ether oxygens (including phenoxy) is 1. The molecule has 4 nitrogen and oxygen atoms in total. The number of thiophene rings is 1. The van der Waals surface area contributed by atoms with Crippen molar-refractivity contribution in [2.24, 2.45) is 0 Å².